The molecule has 1 rings (SSSR count). The van der Waals surface area contributed by atoms with Crippen molar-refractivity contribution in [1.82, 2.24) is 4.98 Å². The first-order valence-electron chi connectivity index (χ1n) is 6.49. The van der Waals surface area contributed by atoms with Crippen molar-refractivity contribution in [2.75, 3.05) is 6.54 Å². The lowest BCUT2D eigenvalue weighted by Gasteiger charge is -2.32. The fraction of sp³-hybridized carbons (Fsp3) is 0.615. The monoisotopic (exact) mass is 252 g/mol. The Morgan fingerprint density at radius 3 is 2.35 bits per heavy atom. The van der Waals surface area contributed by atoms with Gasteiger partial charge in [0.1, 0.15) is 0 Å². The first-order valence-corrected chi connectivity index (χ1v) is 9.02. The maximum Gasteiger partial charge on any atom is 0.192 e. The van der Waals surface area contributed by atoms with Gasteiger partial charge in [-0.2, -0.15) is 0 Å². The third-order valence-electron chi connectivity index (χ3n) is 3.60. The van der Waals surface area contributed by atoms with Crippen LogP contribution >= 0.6 is 0 Å². The number of rotatable bonds is 7. The minimum atomic E-state index is -1.59. The van der Waals surface area contributed by atoms with Gasteiger partial charge in [-0.3, -0.25) is 4.98 Å². The van der Waals surface area contributed by atoms with Crippen LogP contribution in [0, 0.1) is 0 Å². The van der Waals surface area contributed by atoms with E-state index < -0.39 is 8.32 Å². The molecule has 0 aliphatic rings. The quantitative estimate of drug-likeness (QED) is 0.759. The molecule has 4 heteroatoms. The van der Waals surface area contributed by atoms with E-state index in [1.165, 1.54) is 0 Å². The highest BCUT2D eigenvalue weighted by molar-refractivity contribution is 6.73. The van der Waals surface area contributed by atoms with Crippen molar-refractivity contribution < 1.29 is 4.43 Å². The van der Waals surface area contributed by atoms with Crippen molar-refractivity contribution in [3.05, 3.63) is 30.1 Å². The summed E-state index contributed by atoms with van der Waals surface area (Å²) in [6.45, 7) is 7.22. The van der Waals surface area contributed by atoms with Crippen LogP contribution in [-0.2, 0) is 4.43 Å². The lowest BCUT2D eigenvalue weighted by Crippen LogP contribution is -2.39. The topological polar surface area (TPSA) is 48.1 Å². The zero-order chi connectivity index (χ0) is 12.7. The lowest BCUT2D eigenvalue weighted by atomic mass is 10.2. The fourth-order valence-corrected chi connectivity index (χ4v) is 4.96. The van der Waals surface area contributed by atoms with Crippen LogP contribution in [0.1, 0.15) is 32.4 Å². The molecule has 0 fully saturated rings. The van der Waals surface area contributed by atoms with Crippen molar-refractivity contribution in [3.63, 3.8) is 0 Å². The van der Waals surface area contributed by atoms with Crippen LogP contribution < -0.4 is 5.73 Å². The number of nitrogens with two attached hydrogens (primary N) is 1. The van der Waals surface area contributed by atoms with Gasteiger partial charge in [0.05, 0.1) is 6.10 Å². The number of hydrogen-bond acceptors (Lipinski definition) is 3. The maximum absolute atomic E-state index is 6.39. The second-order valence-electron chi connectivity index (χ2n) is 4.37. The highest BCUT2D eigenvalue weighted by Gasteiger charge is 2.32. The molecule has 1 atom stereocenters. The molecule has 1 aromatic rings. The summed E-state index contributed by atoms with van der Waals surface area (Å²) < 4.78 is 6.39. The van der Waals surface area contributed by atoms with Crippen molar-refractivity contribution in [2.45, 2.75) is 45.0 Å². The number of nitrogens with zero attached hydrogens (tertiary/aromatic N) is 1. The van der Waals surface area contributed by atoms with Crippen molar-refractivity contribution in [2.24, 2.45) is 5.73 Å². The van der Waals surface area contributed by atoms with Gasteiger partial charge in [0.15, 0.2) is 8.32 Å². The second kappa shape index (κ2) is 6.89. The Kier molecular flexibility index (Phi) is 5.81. The fourth-order valence-electron chi connectivity index (χ4n) is 2.12. The van der Waals surface area contributed by atoms with Crippen molar-refractivity contribution in [1.29, 1.82) is 0 Å². The molecule has 2 N–H and O–H groups in total. The third kappa shape index (κ3) is 3.62. The molecule has 96 valence electrons. The minimum absolute atomic E-state index is 0.00946. The summed E-state index contributed by atoms with van der Waals surface area (Å²) in [4.78, 5) is 4.14. The van der Waals surface area contributed by atoms with Crippen LogP contribution in [0.4, 0.5) is 0 Å². The average molecular weight is 252 g/mol. The van der Waals surface area contributed by atoms with Gasteiger partial charge in [-0.25, -0.2) is 0 Å². The predicted molar refractivity (Wildman–Crippen MR) is 74.3 cm³/mol. The molecule has 0 saturated carbocycles. The maximum atomic E-state index is 6.39. The van der Waals surface area contributed by atoms with Crippen LogP contribution in [0.25, 0.3) is 0 Å². The van der Waals surface area contributed by atoms with Gasteiger partial charge in [-0.1, -0.05) is 26.8 Å². The molecule has 0 radical (unpaired) electrons. The van der Waals surface area contributed by atoms with Crippen LogP contribution in [0.5, 0.6) is 0 Å². The molecule has 0 saturated heterocycles. The second-order valence-corrected chi connectivity index (χ2v) is 9.10. The van der Waals surface area contributed by atoms with Gasteiger partial charge < -0.3 is 10.2 Å². The molecule has 3 nitrogen and oxygen atoms in total. The van der Waals surface area contributed by atoms with E-state index >= 15 is 0 Å². The summed E-state index contributed by atoms with van der Waals surface area (Å²) in [6.07, 6.45) is 3.65. The van der Waals surface area contributed by atoms with E-state index in [9.17, 15) is 0 Å². The van der Waals surface area contributed by atoms with Gasteiger partial charge in [0.2, 0.25) is 0 Å². The van der Waals surface area contributed by atoms with E-state index in [0.717, 1.165) is 23.7 Å². The molecule has 1 heterocycles. The Bertz CT molecular complexity index is 306. The third-order valence-corrected chi connectivity index (χ3v) is 8.25. The molecular formula is C13H24N2OSi. The zero-order valence-electron chi connectivity index (χ0n) is 11.1. The van der Waals surface area contributed by atoms with Gasteiger partial charge in [-0.15, -0.1) is 0 Å². The smallest absolute Gasteiger partial charge is 0.192 e. The van der Waals surface area contributed by atoms with Gasteiger partial charge >= 0.3 is 0 Å². The van der Waals surface area contributed by atoms with E-state index in [2.05, 4.69) is 25.8 Å². The van der Waals surface area contributed by atoms with Crippen LogP contribution in [0.15, 0.2) is 24.5 Å². The Morgan fingerprint density at radius 1 is 1.29 bits per heavy atom. The van der Waals surface area contributed by atoms with E-state index in [1.807, 2.05) is 18.3 Å². The predicted octanol–water partition coefficient (Wildman–Crippen LogP) is 3.10. The summed E-state index contributed by atoms with van der Waals surface area (Å²) in [5, 5.41) is 0. The summed E-state index contributed by atoms with van der Waals surface area (Å²) in [7, 11) is -1.59. The Labute approximate surface area is 106 Å². The summed E-state index contributed by atoms with van der Waals surface area (Å²) in [5.74, 6) is 0. The molecule has 0 amide bonds. The highest BCUT2D eigenvalue weighted by atomic mass is 28.4. The largest absolute Gasteiger partial charge is 0.409 e. The summed E-state index contributed by atoms with van der Waals surface area (Å²) in [6, 6.07) is 7.43. The number of aromatic nitrogens is 1. The number of hydrogen-bond donors (Lipinski definition) is 1. The van der Waals surface area contributed by atoms with Crippen LogP contribution in [0.3, 0.4) is 0 Å². The first kappa shape index (κ1) is 14.3. The molecule has 1 unspecified atom stereocenters. The first-order chi connectivity index (χ1) is 8.21. The molecule has 0 bridgehead atoms. The molecule has 17 heavy (non-hydrogen) atoms. The SMILES string of the molecule is CC[Si](CC)(CC)OC(CN)c1cccnc1. The van der Waals surface area contributed by atoms with Crippen molar-refractivity contribution >= 4 is 8.32 Å². The average Bonchev–Trinajstić information content (AvgIpc) is 2.42. The van der Waals surface area contributed by atoms with Crippen LogP contribution in [-0.4, -0.2) is 19.8 Å². The molecule has 0 aromatic carbocycles. The van der Waals surface area contributed by atoms with E-state index in [0.29, 0.717) is 6.54 Å². The zero-order valence-corrected chi connectivity index (χ0v) is 12.1. The number of pyridine rings is 1. The highest BCUT2D eigenvalue weighted by Crippen LogP contribution is 2.28. The normalized spacial score (nSPS) is 13.6. The Hall–Kier alpha value is -0.713. The Balaban J connectivity index is 2.82. The van der Waals surface area contributed by atoms with E-state index in [4.69, 9.17) is 10.2 Å². The van der Waals surface area contributed by atoms with E-state index in [1.54, 1.807) is 6.20 Å². The van der Waals surface area contributed by atoms with Crippen LogP contribution in [0.2, 0.25) is 18.1 Å². The van der Waals surface area contributed by atoms with Gasteiger partial charge in [-0.05, 0) is 29.8 Å². The molecule has 1 aromatic heterocycles. The van der Waals surface area contributed by atoms with Gasteiger partial charge in [0, 0.05) is 18.9 Å². The Morgan fingerprint density at radius 2 is 1.94 bits per heavy atom. The van der Waals surface area contributed by atoms with E-state index in [-0.39, 0.29) is 6.10 Å². The molecule has 0 aliphatic carbocycles. The minimum Gasteiger partial charge on any atom is -0.409 e. The standard InChI is InChI=1S/C13H24N2OSi/c1-4-17(5-2,6-3)16-13(10-14)12-8-7-9-15-11-12/h7-9,11,13H,4-6,10,14H2,1-3H3. The van der Waals surface area contributed by atoms with Gasteiger partial charge in [0.25, 0.3) is 0 Å². The summed E-state index contributed by atoms with van der Waals surface area (Å²) >= 11 is 0. The van der Waals surface area contributed by atoms with Crippen molar-refractivity contribution in [3.8, 4) is 0 Å². The molecule has 0 spiro atoms. The lowest BCUT2D eigenvalue weighted by molar-refractivity contribution is 0.197. The molecule has 0 aliphatic heterocycles. The summed E-state index contributed by atoms with van der Waals surface area (Å²) in [5.41, 5.74) is 6.94. The molecular weight excluding hydrogens is 228 g/mol.